The SMILES string of the molecule is O=c1c2ccsc2c(Br)cn1CC1CCOCC1. The lowest BCUT2D eigenvalue weighted by Crippen LogP contribution is -2.27. The van der Waals surface area contributed by atoms with Crippen LogP contribution in [0, 0.1) is 5.92 Å². The minimum absolute atomic E-state index is 0.126. The highest BCUT2D eigenvalue weighted by Crippen LogP contribution is 2.27. The Kier molecular flexibility index (Phi) is 3.54. The molecular formula is C13H14BrNO2S. The molecule has 1 aliphatic heterocycles. The van der Waals surface area contributed by atoms with Crippen LogP contribution in [0.3, 0.4) is 0 Å². The summed E-state index contributed by atoms with van der Waals surface area (Å²) in [6, 6.07) is 1.91. The van der Waals surface area contributed by atoms with Crippen molar-refractivity contribution in [3.05, 3.63) is 32.5 Å². The van der Waals surface area contributed by atoms with E-state index in [1.807, 2.05) is 22.2 Å². The zero-order valence-electron chi connectivity index (χ0n) is 9.89. The Bertz CT molecular complexity index is 613. The van der Waals surface area contributed by atoms with Crippen molar-refractivity contribution >= 4 is 37.4 Å². The predicted molar refractivity (Wildman–Crippen MR) is 77.3 cm³/mol. The summed E-state index contributed by atoms with van der Waals surface area (Å²) in [5.41, 5.74) is 0.126. The molecule has 0 radical (unpaired) electrons. The molecule has 1 saturated heterocycles. The van der Waals surface area contributed by atoms with Crippen LogP contribution in [0.5, 0.6) is 0 Å². The van der Waals surface area contributed by atoms with E-state index in [9.17, 15) is 4.79 Å². The lowest BCUT2D eigenvalue weighted by atomic mass is 10.0. The molecule has 0 amide bonds. The van der Waals surface area contributed by atoms with Crippen LogP contribution in [0.25, 0.3) is 10.1 Å². The molecule has 5 heteroatoms. The van der Waals surface area contributed by atoms with Gasteiger partial charge in [-0.25, -0.2) is 0 Å². The predicted octanol–water partition coefficient (Wildman–Crippen LogP) is 3.25. The van der Waals surface area contributed by atoms with E-state index in [0.29, 0.717) is 5.92 Å². The van der Waals surface area contributed by atoms with Gasteiger partial charge in [0.25, 0.3) is 5.56 Å². The molecule has 0 atom stereocenters. The third-order valence-corrected chi connectivity index (χ3v) is 5.25. The molecule has 0 aromatic carbocycles. The lowest BCUT2D eigenvalue weighted by Gasteiger charge is -2.22. The maximum absolute atomic E-state index is 12.3. The van der Waals surface area contributed by atoms with E-state index in [1.165, 1.54) is 0 Å². The number of nitrogens with zero attached hydrogens (tertiary/aromatic N) is 1. The van der Waals surface area contributed by atoms with Crippen LogP contribution >= 0.6 is 27.3 Å². The first-order valence-corrected chi connectivity index (χ1v) is 7.77. The summed E-state index contributed by atoms with van der Waals surface area (Å²) in [6.45, 7) is 2.44. The molecule has 1 aliphatic rings. The molecule has 96 valence electrons. The van der Waals surface area contributed by atoms with Gasteiger partial charge < -0.3 is 9.30 Å². The number of halogens is 1. The van der Waals surface area contributed by atoms with Crippen molar-refractivity contribution in [1.29, 1.82) is 0 Å². The van der Waals surface area contributed by atoms with Gasteiger partial charge in [-0.3, -0.25) is 4.79 Å². The normalized spacial score (nSPS) is 17.4. The van der Waals surface area contributed by atoms with Crippen LogP contribution in [0.1, 0.15) is 12.8 Å². The summed E-state index contributed by atoms with van der Waals surface area (Å²) in [4.78, 5) is 12.3. The van der Waals surface area contributed by atoms with Crippen molar-refractivity contribution in [2.45, 2.75) is 19.4 Å². The highest BCUT2D eigenvalue weighted by molar-refractivity contribution is 9.10. The first-order valence-electron chi connectivity index (χ1n) is 6.09. The number of rotatable bonds is 2. The number of thiophene rings is 1. The molecule has 1 fully saturated rings. The van der Waals surface area contributed by atoms with Crippen molar-refractivity contribution in [2.75, 3.05) is 13.2 Å². The number of pyridine rings is 1. The molecule has 0 unspecified atom stereocenters. The van der Waals surface area contributed by atoms with Gasteiger partial charge in [-0.05, 0) is 46.1 Å². The second-order valence-corrected chi connectivity index (χ2v) is 6.42. The molecule has 0 bridgehead atoms. The largest absolute Gasteiger partial charge is 0.381 e. The van der Waals surface area contributed by atoms with E-state index in [-0.39, 0.29) is 5.56 Å². The Morgan fingerprint density at radius 2 is 2.22 bits per heavy atom. The molecule has 0 spiro atoms. The summed E-state index contributed by atoms with van der Waals surface area (Å²) in [7, 11) is 0. The van der Waals surface area contributed by atoms with E-state index in [4.69, 9.17) is 4.74 Å². The van der Waals surface area contributed by atoms with Gasteiger partial charge >= 0.3 is 0 Å². The van der Waals surface area contributed by atoms with Crippen LogP contribution in [-0.2, 0) is 11.3 Å². The minimum Gasteiger partial charge on any atom is -0.381 e. The zero-order valence-corrected chi connectivity index (χ0v) is 12.3. The summed E-state index contributed by atoms with van der Waals surface area (Å²) in [5.74, 6) is 0.555. The van der Waals surface area contributed by atoms with Gasteiger partial charge in [0.15, 0.2) is 0 Å². The molecule has 0 aliphatic carbocycles. The van der Waals surface area contributed by atoms with E-state index in [2.05, 4.69) is 15.9 Å². The van der Waals surface area contributed by atoms with Crippen LogP contribution in [0.2, 0.25) is 0 Å². The fourth-order valence-corrected chi connectivity index (χ4v) is 3.94. The monoisotopic (exact) mass is 327 g/mol. The Morgan fingerprint density at radius 3 is 3.00 bits per heavy atom. The van der Waals surface area contributed by atoms with Crippen LogP contribution in [0.4, 0.5) is 0 Å². The van der Waals surface area contributed by atoms with Crippen LogP contribution in [0.15, 0.2) is 26.9 Å². The van der Waals surface area contributed by atoms with Gasteiger partial charge in [-0.2, -0.15) is 0 Å². The van der Waals surface area contributed by atoms with E-state index in [1.54, 1.807) is 11.3 Å². The molecule has 0 N–H and O–H groups in total. The first kappa shape index (κ1) is 12.4. The van der Waals surface area contributed by atoms with Gasteiger partial charge in [0.1, 0.15) is 0 Å². The van der Waals surface area contributed by atoms with Crippen molar-refractivity contribution in [2.24, 2.45) is 5.92 Å². The number of fused-ring (bicyclic) bond motifs is 1. The maximum atomic E-state index is 12.3. The number of aromatic nitrogens is 1. The second kappa shape index (κ2) is 5.15. The van der Waals surface area contributed by atoms with Crippen LogP contribution in [-0.4, -0.2) is 17.8 Å². The van der Waals surface area contributed by atoms with E-state index >= 15 is 0 Å². The highest BCUT2D eigenvalue weighted by atomic mass is 79.9. The summed E-state index contributed by atoms with van der Waals surface area (Å²) in [5, 5.41) is 2.79. The Balaban J connectivity index is 1.96. The van der Waals surface area contributed by atoms with Crippen LogP contribution < -0.4 is 5.56 Å². The second-order valence-electron chi connectivity index (χ2n) is 4.65. The van der Waals surface area contributed by atoms with Gasteiger partial charge in [0.2, 0.25) is 0 Å². The average Bonchev–Trinajstić information content (AvgIpc) is 2.87. The molecule has 3 rings (SSSR count). The van der Waals surface area contributed by atoms with Crippen molar-refractivity contribution in [1.82, 2.24) is 4.57 Å². The lowest BCUT2D eigenvalue weighted by molar-refractivity contribution is 0.0610. The van der Waals surface area contributed by atoms with Crippen molar-refractivity contribution < 1.29 is 4.74 Å². The Hall–Kier alpha value is -0.650. The van der Waals surface area contributed by atoms with Gasteiger partial charge in [-0.1, -0.05) is 0 Å². The maximum Gasteiger partial charge on any atom is 0.259 e. The minimum atomic E-state index is 0.126. The Labute approximate surface area is 118 Å². The average molecular weight is 328 g/mol. The summed E-state index contributed by atoms with van der Waals surface area (Å²) < 4.78 is 9.25. The molecule has 18 heavy (non-hydrogen) atoms. The topological polar surface area (TPSA) is 31.2 Å². The quantitative estimate of drug-likeness (QED) is 0.847. The Morgan fingerprint density at radius 1 is 1.44 bits per heavy atom. The molecule has 2 aromatic heterocycles. The van der Waals surface area contributed by atoms with Gasteiger partial charge in [0, 0.05) is 26.0 Å². The van der Waals surface area contributed by atoms with E-state index in [0.717, 1.165) is 47.2 Å². The smallest absolute Gasteiger partial charge is 0.259 e. The molecule has 3 nitrogen and oxygen atoms in total. The first-order chi connectivity index (χ1) is 8.75. The number of hydrogen-bond acceptors (Lipinski definition) is 3. The molecule has 3 heterocycles. The van der Waals surface area contributed by atoms with Crippen molar-refractivity contribution in [3.8, 4) is 0 Å². The van der Waals surface area contributed by atoms with Crippen molar-refractivity contribution in [3.63, 3.8) is 0 Å². The summed E-state index contributed by atoms with van der Waals surface area (Å²) >= 11 is 5.15. The third-order valence-electron chi connectivity index (χ3n) is 3.44. The third kappa shape index (κ3) is 2.27. The molecular weight excluding hydrogens is 314 g/mol. The van der Waals surface area contributed by atoms with Gasteiger partial charge in [-0.15, -0.1) is 11.3 Å². The molecule has 2 aromatic rings. The number of hydrogen-bond donors (Lipinski definition) is 0. The summed E-state index contributed by atoms with van der Waals surface area (Å²) in [6.07, 6.45) is 4.02. The fourth-order valence-electron chi connectivity index (χ4n) is 2.41. The zero-order chi connectivity index (χ0) is 12.5. The fraction of sp³-hybridized carbons (Fsp3) is 0.462. The van der Waals surface area contributed by atoms with Gasteiger partial charge in [0.05, 0.1) is 14.6 Å². The molecule has 0 saturated carbocycles. The van der Waals surface area contributed by atoms with E-state index < -0.39 is 0 Å². The highest BCUT2D eigenvalue weighted by Gasteiger charge is 2.16. The standard InChI is InChI=1S/C13H14BrNO2S/c14-11-8-15(7-9-1-4-17-5-2-9)13(16)10-3-6-18-12(10)11/h3,6,8-9H,1-2,4-5,7H2. The number of ether oxygens (including phenoxy) is 1.